The summed E-state index contributed by atoms with van der Waals surface area (Å²) in [6.07, 6.45) is 0. The minimum atomic E-state index is 0.0379. The molecule has 0 unspecified atom stereocenters. The van der Waals surface area contributed by atoms with Gasteiger partial charge in [-0.25, -0.2) is 0 Å². The minimum Gasteiger partial charge on any atom is -0.450 e. The van der Waals surface area contributed by atoms with Crippen LogP contribution >= 0.6 is 11.8 Å². The molecule has 0 radical (unpaired) electrons. The van der Waals surface area contributed by atoms with Crippen molar-refractivity contribution in [2.45, 2.75) is 18.9 Å². The number of benzene rings is 1. The van der Waals surface area contributed by atoms with Crippen molar-refractivity contribution in [2.24, 2.45) is 0 Å². The fourth-order valence-electron chi connectivity index (χ4n) is 1.46. The van der Waals surface area contributed by atoms with Crippen LogP contribution in [0.3, 0.4) is 0 Å². The third-order valence-electron chi connectivity index (χ3n) is 2.15. The van der Waals surface area contributed by atoms with Gasteiger partial charge in [0.05, 0.1) is 5.39 Å². The fraction of sp³-hybridized carbons (Fsp3) is 0.250. The van der Waals surface area contributed by atoms with Crippen LogP contribution < -0.4 is 5.43 Å². The zero-order chi connectivity index (χ0) is 10.8. The highest BCUT2D eigenvalue weighted by atomic mass is 32.2. The van der Waals surface area contributed by atoms with Crippen molar-refractivity contribution >= 4 is 22.7 Å². The Morgan fingerprint density at radius 1 is 1.33 bits per heavy atom. The van der Waals surface area contributed by atoms with Crippen LogP contribution in [0.2, 0.25) is 0 Å². The molecule has 78 valence electrons. The average molecular weight is 220 g/mol. The Morgan fingerprint density at radius 3 is 2.87 bits per heavy atom. The third-order valence-corrected chi connectivity index (χ3v) is 2.92. The van der Waals surface area contributed by atoms with E-state index < -0.39 is 0 Å². The highest BCUT2D eigenvalue weighted by molar-refractivity contribution is 7.99. The molecule has 0 saturated carbocycles. The second kappa shape index (κ2) is 4.11. The van der Waals surface area contributed by atoms with Crippen LogP contribution in [-0.2, 0) is 0 Å². The largest absolute Gasteiger partial charge is 0.450 e. The predicted octanol–water partition coefficient (Wildman–Crippen LogP) is 3.21. The lowest BCUT2D eigenvalue weighted by Crippen LogP contribution is -2.00. The lowest BCUT2D eigenvalue weighted by molar-refractivity contribution is 0.500. The van der Waals surface area contributed by atoms with E-state index in [0.29, 0.717) is 16.1 Å². The van der Waals surface area contributed by atoms with Gasteiger partial charge in [0.2, 0.25) is 0 Å². The highest BCUT2D eigenvalue weighted by Crippen LogP contribution is 2.21. The van der Waals surface area contributed by atoms with Crippen LogP contribution in [-0.4, -0.2) is 5.75 Å². The smallest absolute Gasteiger partial charge is 0.193 e. The Hall–Kier alpha value is -1.22. The van der Waals surface area contributed by atoms with E-state index in [1.54, 1.807) is 17.8 Å². The molecular formula is C12H12O2S. The van der Waals surface area contributed by atoms with E-state index in [4.69, 9.17) is 4.42 Å². The van der Waals surface area contributed by atoms with Crippen LogP contribution in [0.1, 0.15) is 12.5 Å². The molecule has 0 bridgehead atoms. The molecule has 0 fully saturated rings. The van der Waals surface area contributed by atoms with E-state index in [1.807, 2.05) is 32.0 Å². The van der Waals surface area contributed by atoms with Gasteiger partial charge in [-0.15, -0.1) is 0 Å². The van der Waals surface area contributed by atoms with Gasteiger partial charge in [-0.1, -0.05) is 30.3 Å². The molecule has 0 aliphatic heterocycles. The summed E-state index contributed by atoms with van der Waals surface area (Å²) < 4.78 is 5.60. The van der Waals surface area contributed by atoms with Crippen LogP contribution in [0.4, 0.5) is 0 Å². The molecule has 2 rings (SSSR count). The zero-order valence-electron chi connectivity index (χ0n) is 8.74. The average Bonchev–Trinajstić information content (AvgIpc) is 2.20. The number of fused-ring (bicyclic) bond motifs is 1. The normalized spacial score (nSPS) is 10.8. The summed E-state index contributed by atoms with van der Waals surface area (Å²) in [5, 5.41) is 1.36. The first kappa shape index (κ1) is 10.3. The maximum atomic E-state index is 11.8. The van der Waals surface area contributed by atoms with E-state index in [-0.39, 0.29) is 5.43 Å². The van der Waals surface area contributed by atoms with Crippen molar-refractivity contribution in [2.75, 3.05) is 5.75 Å². The molecule has 1 aromatic heterocycles. The molecular weight excluding hydrogens is 208 g/mol. The summed E-state index contributed by atoms with van der Waals surface area (Å²) in [7, 11) is 0. The van der Waals surface area contributed by atoms with Gasteiger partial charge in [-0.3, -0.25) is 4.79 Å². The van der Waals surface area contributed by atoms with E-state index in [2.05, 4.69) is 0 Å². The quantitative estimate of drug-likeness (QED) is 0.728. The van der Waals surface area contributed by atoms with Crippen molar-refractivity contribution < 1.29 is 4.42 Å². The van der Waals surface area contributed by atoms with Gasteiger partial charge in [-0.05, 0) is 24.8 Å². The molecule has 0 N–H and O–H groups in total. The van der Waals surface area contributed by atoms with Crippen LogP contribution in [0.5, 0.6) is 0 Å². The molecule has 1 aromatic carbocycles. The monoisotopic (exact) mass is 220 g/mol. The van der Waals surface area contributed by atoms with Gasteiger partial charge in [0.25, 0.3) is 0 Å². The number of aryl methyl sites for hydroxylation is 1. The topological polar surface area (TPSA) is 30.2 Å². The highest BCUT2D eigenvalue weighted by Gasteiger charge is 2.04. The number of hydrogen-bond donors (Lipinski definition) is 0. The zero-order valence-corrected chi connectivity index (χ0v) is 9.56. The van der Waals surface area contributed by atoms with Gasteiger partial charge in [-0.2, -0.15) is 0 Å². The maximum absolute atomic E-state index is 11.8. The Morgan fingerprint density at radius 2 is 2.13 bits per heavy atom. The van der Waals surface area contributed by atoms with E-state index in [0.717, 1.165) is 11.3 Å². The summed E-state index contributed by atoms with van der Waals surface area (Å²) in [6.45, 7) is 4.00. The second-order valence-corrected chi connectivity index (χ2v) is 4.63. The Kier molecular flexibility index (Phi) is 2.82. The van der Waals surface area contributed by atoms with Gasteiger partial charge < -0.3 is 4.42 Å². The van der Waals surface area contributed by atoms with Crippen LogP contribution in [0.15, 0.2) is 38.6 Å². The number of hydrogen-bond acceptors (Lipinski definition) is 3. The summed E-state index contributed by atoms with van der Waals surface area (Å²) >= 11 is 1.54. The first-order chi connectivity index (χ1) is 7.20. The van der Waals surface area contributed by atoms with Crippen molar-refractivity contribution in [3.05, 3.63) is 40.1 Å². The standard InChI is InChI=1S/C12H12O2S/c1-3-15-12-7-10(13)9-6-8(2)4-5-11(9)14-12/h4-7H,3H2,1-2H3. The lowest BCUT2D eigenvalue weighted by Gasteiger charge is -2.01. The second-order valence-electron chi connectivity index (χ2n) is 3.36. The van der Waals surface area contributed by atoms with Crippen molar-refractivity contribution in [3.8, 4) is 0 Å². The van der Waals surface area contributed by atoms with Gasteiger partial charge in [0.1, 0.15) is 5.58 Å². The van der Waals surface area contributed by atoms with E-state index >= 15 is 0 Å². The summed E-state index contributed by atoms with van der Waals surface area (Å²) in [6, 6.07) is 7.23. The Labute approximate surface area is 92.3 Å². The molecule has 1 heterocycles. The molecule has 0 amide bonds. The molecule has 0 aliphatic rings. The summed E-state index contributed by atoms with van der Waals surface area (Å²) in [4.78, 5) is 11.8. The molecule has 0 saturated heterocycles. The molecule has 15 heavy (non-hydrogen) atoms. The number of rotatable bonds is 2. The fourth-order valence-corrected chi connectivity index (χ4v) is 2.08. The maximum Gasteiger partial charge on any atom is 0.193 e. The molecule has 0 aliphatic carbocycles. The molecule has 0 atom stereocenters. The Bertz CT molecular complexity index is 543. The summed E-state index contributed by atoms with van der Waals surface area (Å²) in [5.74, 6) is 0.903. The Balaban J connectivity index is 2.67. The first-order valence-electron chi connectivity index (χ1n) is 4.88. The number of thioether (sulfide) groups is 1. The summed E-state index contributed by atoms with van der Waals surface area (Å²) in [5.41, 5.74) is 1.78. The van der Waals surface area contributed by atoms with Crippen molar-refractivity contribution in [3.63, 3.8) is 0 Å². The lowest BCUT2D eigenvalue weighted by atomic mass is 10.1. The minimum absolute atomic E-state index is 0.0379. The van der Waals surface area contributed by atoms with Crippen molar-refractivity contribution in [1.29, 1.82) is 0 Å². The van der Waals surface area contributed by atoms with Crippen molar-refractivity contribution in [1.82, 2.24) is 0 Å². The predicted molar refractivity (Wildman–Crippen MR) is 63.6 cm³/mol. The third kappa shape index (κ3) is 2.07. The molecule has 0 spiro atoms. The van der Waals surface area contributed by atoms with Gasteiger partial charge >= 0.3 is 0 Å². The van der Waals surface area contributed by atoms with Crippen LogP contribution in [0.25, 0.3) is 11.0 Å². The van der Waals surface area contributed by atoms with Gasteiger partial charge in [0, 0.05) is 6.07 Å². The SMILES string of the molecule is CCSc1cc(=O)c2cc(C)ccc2o1. The molecule has 2 nitrogen and oxygen atoms in total. The van der Waals surface area contributed by atoms with E-state index in [9.17, 15) is 4.79 Å². The molecule has 2 aromatic rings. The van der Waals surface area contributed by atoms with E-state index in [1.165, 1.54) is 0 Å². The first-order valence-corrected chi connectivity index (χ1v) is 5.86. The molecule has 3 heteroatoms. The van der Waals surface area contributed by atoms with Crippen LogP contribution in [0, 0.1) is 6.92 Å². The van der Waals surface area contributed by atoms with Gasteiger partial charge in [0.15, 0.2) is 10.5 Å².